The van der Waals surface area contributed by atoms with E-state index in [1.807, 2.05) is 26.2 Å². The number of carbonyl (C=O) groups excluding carboxylic acids is 2. The maximum atomic E-state index is 11.8. The maximum Gasteiger partial charge on any atom is 0.339 e. The molecule has 0 saturated carbocycles. The Morgan fingerprint density at radius 3 is 2.60 bits per heavy atom. The third-order valence-corrected chi connectivity index (χ3v) is 3.40. The molecule has 20 heavy (non-hydrogen) atoms. The molecular formula is C14H21NO4S. The number of methoxy groups -OCH3 is 1. The van der Waals surface area contributed by atoms with E-state index in [2.05, 4.69) is 5.32 Å². The highest BCUT2D eigenvalue weighted by molar-refractivity contribution is 7.10. The van der Waals surface area contributed by atoms with Gasteiger partial charge in [0.15, 0.2) is 0 Å². The zero-order chi connectivity index (χ0) is 15.3. The Hall–Kier alpha value is -1.40. The van der Waals surface area contributed by atoms with Crippen LogP contribution >= 0.6 is 11.3 Å². The van der Waals surface area contributed by atoms with Crippen LogP contribution in [0.25, 0.3) is 0 Å². The zero-order valence-electron chi connectivity index (χ0n) is 12.5. The van der Waals surface area contributed by atoms with Crippen LogP contribution in [0.15, 0.2) is 11.4 Å². The quantitative estimate of drug-likeness (QED) is 0.846. The third kappa shape index (κ3) is 4.94. The van der Waals surface area contributed by atoms with E-state index in [1.165, 1.54) is 18.4 Å². The fourth-order valence-electron chi connectivity index (χ4n) is 1.49. The molecule has 0 unspecified atom stereocenters. The van der Waals surface area contributed by atoms with E-state index >= 15 is 0 Å². The molecule has 0 radical (unpaired) electrons. The van der Waals surface area contributed by atoms with Gasteiger partial charge in [-0.05, 0) is 39.1 Å². The molecule has 5 nitrogen and oxygen atoms in total. The fraction of sp³-hybridized carbons (Fsp3) is 0.571. The Bertz CT molecular complexity index is 476. The highest BCUT2D eigenvalue weighted by Gasteiger charge is 2.22. The summed E-state index contributed by atoms with van der Waals surface area (Å²) >= 11 is 1.44. The van der Waals surface area contributed by atoms with Gasteiger partial charge in [0.1, 0.15) is 11.6 Å². The van der Waals surface area contributed by atoms with Crippen molar-refractivity contribution in [2.45, 2.75) is 45.9 Å². The molecule has 1 rings (SSSR count). The van der Waals surface area contributed by atoms with Crippen LogP contribution in [0.2, 0.25) is 0 Å². The average Bonchev–Trinajstić information content (AvgIpc) is 2.81. The van der Waals surface area contributed by atoms with Crippen molar-refractivity contribution >= 4 is 23.3 Å². The first-order valence-corrected chi connectivity index (χ1v) is 7.23. The number of hydrogen-bond donors (Lipinski definition) is 1. The molecule has 1 heterocycles. The summed E-state index contributed by atoms with van der Waals surface area (Å²) in [5, 5.41) is 4.88. The van der Waals surface area contributed by atoms with Gasteiger partial charge in [0, 0.05) is 11.4 Å². The molecule has 112 valence electrons. The molecule has 0 spiro atoms. The van der Waals surface area contributed by atoms with Crippen LogP contribution in [0.5, 0.6) is 0 Å². The van der Waals surface area contributed by atoms with Crippen molar-refractivity contribution in [2.75, 3.05) is 7.11 Å². The lowest BCUT2D eigenvalue weighted by Crippen LogP contribution is -2.38. The lowest BCUT2D eigenvalue weighted by Gasteiger charge is -2.22. The molecule has 1 N–H and O–H groups in total. The van der Waals surface area contributed by atoms with Crippen LogP contribution in [0.4, 0.5) is 0 Å². The van der Waals surface area contributed by atoms with Crippen molar-refractivity contribution in [3.05, 3.63) is 21.9 Å². The fourth-order valence-corrected chi connectivity index (χ4v) is 2.30. The predicted octanol–water partition coefficient (Wildman–Crippen LogP) is 2.35. The first-order chi connectivity index (χ1) is 9.24. The molecule has 1 aromatic rings. The van der Waals surface area contributed by atoms with E-state index in [9.17, 15) is 9.59 Å². The van der Waals surface area contributed by atoms with E-state index in [1.54, 1.807) is 13.0 Å². The second kappa shape index (κ2) is 6.85. The summed E-state index contributed by atoms with van der Waals surface area (Å²) in [4.78, 5) is 24.2. The second-order valence-electron chi connectivity index (χ2n) is 5.39. The molecule has 0 aliphatic rings. The van der Waals surface area contributed by atoms with Crippen molar-refractivity contribution in [1.29, 1.82) is 0 Å². The number of hydrogen-bond acceptors (Lipinski definition) is 6. The monoisotopic (exact) mass is 299 g/mol. The summed E-state index contributed by atoms with van der Waals surface area (Å²) in [6.45, 7) is 7.63. The minimum absolute atomic E-state index is 0.311. The Labute approximate surface area is 123 Å². The average molecular weight is 299 g/mol. The Morgan fingerprint density at radius 2 is 2.05 bits per heavy atom. The minimum atomic E-state index is -0.507. The molecule has 1 atom stereocenters. The van der Waals surface area contributed by atoms with Gasteiger partial charge in [0.25, 0.3) is 0 Å². The third-order valence-electron chi connectivity index (χ3n) is 2.48. The smallest absolute Gasteiger partial charge is 0.339 e. The highest BCUT2D eigenvalue weighted by Crippen LogP contribution is 2.18. The summed E-state index contributed by atoms with van der Waals surface area (Å²) in [5.41, 5.74) is 0.0223. The molecular weight excluding hydrogens is 278 g/mol. The Kier molecular flexibility index (Phi) is 5.71. The van der Waals surface area contributed by atoms with Crippen molar-refractivity contribution in [2.24, 2.45) is 0 Å². The van der Waals surface area contributed by atoms with E-state index in [0.29, 0.717) is 12.1 Å². The highest BCUT2D eigenvalue weighted by atomic mass is 32.1. The van der Waals surface area contributed by atoms with Gasteiger partial charge in [-0.25, -0.2) is 4.79 Å². The normalized spacial score (nSPS) is 12.8. The molecule has 0 aliphatic heterocycles. The lowest BCUT2D eigenvalue weighted by atomic mass is 10.2. The molecule has 1 aromatic heterocycles. The lowest BCUT2D eigenvalue weighted by molar-refractivity contribution is -0.157. The van der Waals surface area contributed by atoms with Crippen molar-refractivity contribution in [1.82, 2.24) is 5.32 Å². The van der Waals surface area contributed by atoms with Crippen LogP contribution in [0.1, 0.15) is 42.9 Å². The minimum Gasteiger partial charge on any atom is -0.465 e. The van der Waals surface area contributed by atoms with E-state index in [0.717, 1.165) is 4.88 Å². The standard InChI is InChI=1S/C14H21NO4S/c1-9(12(16)19-14(2,3)4)15-8-11-10(6-7-20-11)13(17)18-5/h6-7,9,15H,8H2,1-5H3/t9-/m1/s1. The first-order valence-electron chi connectivity index (χ1n) is 6.35. The predicted molar refractivity (Wildman–Crippen MR) is 77.8 cm³/mol. The van der Waals surface area contributed by atoms with Gasteiger partial charge in [-0.15, -0.1) is 11.3 Å². The summed E-state index contributed by atoms with van der Waals surface area (Å²) in [6.07, 6.45) is 0. The molecule has 0 saturated heterocycles. The Morgan fingerprint density at radius 1 is 1.40 bits per heavy atom. The molecule has 0 fully saturated rings. The molecule has 0 amide bonds. The molecule has 0 bridgehead atoms. The molecule has 6 heteroatoms. The number of ether oxygens (including phenoxy) is 2. The van der Waals surface area contributed by atoms with Gasteiger partial charge in [-0.3, -0.25) is 10.1 Å². The van der Waals surface area contributed by atoms with Crippen LogP contribution < -0.4 is 5.32 Å². The van der Waals surface area contributed by atoms with Gasteiger partial charge < -0.3 is 9.47 Å². The number of carbonyl (C=O) groups is 2. The summed E-state index contributed by atoms with van der Waals surface area (Å²) in [6, 6.07) is 1.27. The van der Waals surface area contributed by atoms with Gasteiger partial charge >= 0.3 is 11.9 Å². The number of rotatable bonds is 5. The van der Waals surface area contributed by atoms with Gasteiger partial charge in [-0.1, -0.05) is 0 Å². The summed E-state index contributed by atoms with van der Waals surface area (Å²) in [5.74, 6) is -0.679. The largest absolute Gasteiger partial charge is 0.465 e. The van der Waals surface area contributed by atoms with Crippen molar-refractivity contribution in [3.63, 3.8) is 0 Å². The maximum absolute atomic E-state index is 11.8. The van der Waals surface area contributed by atoms with Crippen LogP contribution in [-0.4, -0.2) is 30.7 Å². The van der Waals surface area contributed by atoms with E-state index < -0.39 is 11.6 Å². The topological polar surface area (TPSA) is 64.6 Å². The second-order valence-corrected chi connectivity index (χ2v) is 6.39. The van der Waals surface area contributed by atoms with Crippen LogP contribution in [0, 0.1) is 0 Å². The Balaban J connectivity index is 2.57. The van der Waals surface area contributed by atoms with Gasteiger partial charge in [0.2, 0.25) is 0 Å². The molecule has 0 aliphatic carbocycles. The van der Waals surface area contributed by atoms with Crippen molar-refractivity contribution in [3.8, 4) is 0 Å². The summed E-state index contributed by atoms with van der Waals surface area (Å²) < 4.78 is 9.98. The van der Waals surface area contributed by atoms with Crippen LogP contribution in [0.3, 0.4) is 0 Å². The van der Waals surface area contributed by atoms with Gasteiger partial charge in [-0.2, -0.15) is 0 Å². The van der Waals surface area contributed by atoms with Crippen molar-refractivity contribution < 1.29 is 19.1 Å². The zero-order valence-corrected chi connectivity index (χ0v) is 13.3. The number of nitrogens with one attached hydrogen (secondary N) is 1. The number of thiophene rings is 1. The van der Waals surface area contributed by atoms with Crippen LogP contribution in [-0.2, 0) is 20.8 Å². The summed E-state index contributed by atoms with van der Waals surface area (Å²) in [7, 11) is 1.35. The first kappa shape index (κ1) is 16.7. The SMILES string of the molecule is COC(=O)c1ccsc1CN[C@H](C)C(=O)OC(C)(C)C. The van der Waals surface area contributed by atoms with E-state index in [4.69, 9.17) is 9.47 Å². The van der Waals surface area contributed by atoms with Gasteiger partial charge in [0.05, 0.1) is 12.7 Å². The number of esters is 2. The van der Waals surface area contributed by atoms with E-state index in [-0.39, 0.29) is 11.9 Å². The molecule has 0 aromatic carbocycles.